The third kappa shape index (κ3) is 8.66. The number of rotatable bonds is 14. The lowest BCUT2D eigenvalue weighted by atomic mass is 9.97. The molecule has 4 aromatic rings. The van der Waals surface area contributed by atoms with E-state index in [2.05, 4.69) is 31.2 Å². The molecule has 2 amide bonds. The Bertz CT molecular complexity index is 1720. The van der Waals surface area contributed by atoms with Gasteiger partial charge in [0, 0.05) is 73.4 Å². The van der Waals surface area contributed by atoms with E-state index in [-0.39, 0.29) is 42.5 Å². The molecule has 2 aromatic carbocycles. The topological polar surface area (TPSA) is 138 Å². The third-order valence-electron chi connectivity index (χ3n) is 7.78. The molecule has 5 N–H and O–H groups in total. The normalized spacial score (nSPS) is 14.3. The van der Waals surface area contributed by atoms with Crippen molar-refractivity contribution in [3.8, 4) is 28.1 Å². The first-order chi connectivity index (χ1) is 22.7. The summed E-state index contributed by atoms with van der Waals surface area (Å²) in [5.74, 6) is -0.382. The molecule has 0 bridgehead atoms. The molecule has 0 spiro atoms. The van der Waals surface area contributed by atoms with Crippen LogP contribution < -0.4 is 26.0 Å². The Balaban J connectivity index is 1.34. The molecular formula is C34H35ClF2N6O4. The van der Waals surface area contributed by atoms with E-state index < -0.39 is 6.61 Å². The van der Waals surface area contributed by atoms with E-state index in [1.165, 1.54) is 6.07 Å². The highest BCUT2D eigenvalue weighted by atomic mass is 35.5. The standard InChI is InChI=1S/C34H35ClF2N6O4/c1-20-25(3-2-4-27(20)43-33(46)28-9-5-21(17-41-28)16-38-13-14-44)26-11-12-40-32(31(26)35)22-6-7-23(29(15-22)47-34(36)37)18-39-19-24-8-10-30(45)42-24/h2-7,9,11-12,15,17,24,34,38-39,44H,8,10,13-14,16,18-19H2,1H3,(H,42,45)(H,43,46)/t24-/m1/s1. The summed E-state index contributed by atoms with van der Waals surface area (Å²) < 4.78 is 31.6. The van der Waals surface area contributed by atoms with Crippen LogP contribution in [0, 0.1) is 6.92 Å². The lowest BCUT2D eigenvalue weighted by Crippen LogP contribution is -2.35. The molecule has 13 heteroatoms. The summed E-state index contributed by atoms with van der Waals surface area (Å²) in [5.41, 5.74) is 5.23. The van der Waals surface area contributed by atoms with E-state index >= 15 is 0 Å². The average Bonchev–Trinajstić information content (AvgIpc) is 3.48. The quantitative estimate of drug-likeness (QED) is 0.118. The van der Waals surface area contributed by atoms with Gasteiger partial charge >= 0.3 is 6.61 Å². The number of ether oxygens (including phenoxy) is 1. The van der Waals surface area contributed by atoms with E-state index in [1.807, 2.05) is 13.0 Å². The van der Waals surface area contributed by atoms with Gasteiger partial charge in [0.05, 0.1) is 17.3 Å². The molecule has 1 fully saturated rings. The van der Waals surface area contributed by atoms with Gasteiger partial charge in [-0.05, 0) is 54.3 Å². The van der Waals surface area contributed by atoms with Crippen molar-refractivity contribution in [2.75, 3.05) is 25.0 Å². The Kier molecular flexibility index (Phi) is 11.4. The van der Waals surface area contributed by atoms with Crippen LogP contribution in [0.4, 0.5) is 14.5 Å². The maximum Gasteiger partial charge on any atom is 0.387 e. The number of anilines is 1. The Morgan fingerprint density at radius 1 is 1.11 bits per heavy atom. The molecule has 1 aliphatic heterocycles. The van der Waals surface area contributed by atoms with E-state index in [0.717, 1.165) is 23.1 Å². The zero-order valence-electron chi connectivity index (χ0n) is 25.7. The van der Waals surface area contributed by atoms with Crippen LogP contribution in [0.25, 0.3) is 22.4 Å². The number of carbonyl (C=O) groups is 2. The summed E-state index contributed by atoms with van der Waals surface area (Å²) in [4.78, 5) is 33.2. The molecule has 246 valence electrons. The summed E-state index contributed by atoms with van der Waals surface area (Å²) in [7, 11) is 0. The van der Waals surface area contributed by atoms with Gasteiger partial charge in [-0.25, -0.2) is 0 Å². The number of carbonyl (C=O) groups excluding carboxylic acids is 2. The van der Waals surface area contributed by atoms with Crippen LogP contribution in [-0.4, -0.2) is 59.2 Å². The van der Waals surface area contributed by atoms with E-state index in [0.29, 0.717) is 59.1 Å². The van der Waals surface area contributed by atoms with Gasteiger partial charge in [0.25, 0.3) is 5.91 Å². The molecule has 1 atom stereocenters. The number of nitrogens with zero attached hydrogens (tertiary/aromatic N) is 2. The number of hydrogen-bond acceptors (Lipinski definition) is 8. The van der Waals surface area contributed by atoms with Crippen LogP contribution in [0.3, 0.4) is 0 Å². The van der Waals surface area contributed by atoms with Crippen LogP contribution in [-0.2, 0) is 17.9 Å². The lowest BCUT2D eigenvalue weighted by Gasteiger charge is -2.17. The van der Waals surface area contributed by atoms with Crippen LogP contribution in [0.2, 0.25) is 5.02 Å². The highest BCUT2D eigenvalue weighted by molar-refractivity contribution is 6.35. The fourth-order valence-electron chi connectivity index (χ4n) is 5.34. The van der Waals surface area contributed by atoms with Crippen molar-refractivity contribution >= 4 is 29.1 Å². The number of pyridine rings is 2. The number of halogens is 3. The number of hydrogen-bond donors (Lipinski definition) is 5. The van der Waals surface area contributed by atoms with Gasteiger partial charge in [-0.15, -0.1) is 0 Å². The van der Waals surface area contributed by atoms with E-state index in [1.54, 1.807) is 54.9 Å². The maximum absolute atomic E-state index is 13.4. The second-order valence-corrected chi connectivity index (χ2v) is 11.4. The second-order valence-electron chi connectivity index (χ2n) is 11.0. The van der Waals surface area contributed by atoms with Crippen molar-refractivity contribution in [1.29, 1.82) is 0 Å². The minimum Gasteiger partial charge on any atom is -0.434 e. The number of aliphatic hydroxyl groups is 1. The first kappa shape index (κ1) is 33.9. The first-order valence-corrected chi connectivity index (χ1v) is 15.5. The van der Waals surface area contributed by atoms with Gasteiger partial charge in [0.1, 0.15) is 11.4 Å². The molecule has 1 aliphatic rings. The van der Waals surface area contributed by atoms with Gasteiger partial charge < -0.3 is 31.1 Å². The van der Waals surface area contributed by atoms with Gasteiger partial charge in [0.2, 0.25) is 5.91 Å². The number of nitrogens with one attached hydrogen (secondary N) is 4. The molecule has 3 heterocycles. The molecule has 0 unspecified atom stereocenters. The lowest BCUT2D eigenvalue weighted by molar-refractivity contribution is -0.119. The number of aliphatic hydroxyl groups excluding tert-OH is 1. The minimum atomic E-state index is -3.03. The Morgan fingerprint density at radius 3 is 2.68 bits per heavy atom. The van der Waals surface area contributed by atoms with Gasteiger partial charge in [-0.1, -0.05) is 41.9 Å². The Morgan fingerprint density at radius 2 is 1.96 bits per heavy atom. The first-order valence-electron chi connectivity index (χ1n) is 15.1. The molecule has 2 aromatic heterocycles. The molecule has 0 aliphatic carbocycles. The molecule has 1 saturated heterocycles. The zero-order valence-corrected chi connectivity index (χ0v) is 26.4. The van der Waals surface area contributed by atoms with Gasteiger partial charge in [-0.2, -0.15) is 8.78 Å². The SMILES string of the molecule is Cc1c(NC(=O)c2ccc(CNCCO)cn2)cccc1-c1ccnc(-c2ccc(CNC[C@H]3CCC(=O)N3)c(OC(F)F)c2)c1Cl. The van der Waals surface area contributed by atoms with Gasteiger partial charge in [-0.3, -0.25) is 19.6 Å². The minimum absolute atomic E-state index is 0.00329. The molecule has 0 saturated carbocycles. The van der Waals surface area contributed by atoms with Gasteiger partial charge in [0.15, 0.2) is 0 Å². The largest absolute Gasteiger partial charge is 0.434 e. The molecular weight excluding hydrogens is 630 g/mol. The predicted molar refractivity (Wildman–Crippen MR) is 175 cm³/mol. The molecule has 0 radical (unpaired) electrons. The number of benzene rings is 2. The molecule has 10 nitrogen and oxygen atoms in total. The monoisotopic (exact) mass is 664 g/mol. The maximum atomic E-state index is 13.4. The molecule has 5 rings (SSSR count). The van der Waals surface area contributed by atoms with Crippen LogP contribution >= 0.6 is 11.6 Å². The fourth-order valence-corrected chi connectivity index (χ4v) is 5.67. The Hall–Kier alpha value is -4.49. The third-order valence-corrected chi connectivity index (χ3v) is 8.17. The number of amides is 2. The smallest absolute Gasteiger partial charge is 0.387 e. The van der Waals surface area contributed by atoms with Crippen molar-refractivity contribution in [3.05, 3.63) is 94.4 Å². The van der Waals surface area contributed by atoms with Crippen LogP contribution in [0.5, 0.6) is 5.75 Å². The van der Waals surface area contributed by atoms with Crippen molar-refractivity contribution in [3.63, 3.8) is 0 Å². The summed E-state index contributed by atoms with van der Waals surface area (Å²) in [6.07, 6.45) is 4.39. The number of aromatic nitrogens is 2. The summed E-state index contributed by atoms with van der Waals surface area (Å²) in [6.45, 7) is 0.607. The fraction of sp³-hybridized carbons (Fsp3) is 0.294. The zero-order chi connectivity index (χ0) is 33.3. The van der Waals surface area contributed by atoms with Crippen molar-refractivity contribution < 1.29 is 28.2 Å². The summed E-state index contributed by atoms with van der Waals surface area (Å²) in [6, 6.07) is 15.5. The Labute approximate surface area is 275 Å². The average molecular weight is 665 g/mol. The van der Waals surface area contributed by atoms with Crippen LogP contribution in [0.1, 0.15) is 40.0 Å². The second kappa shape index (κ2) is 15.9. The van der Waals surface area contributed by atoms with E-state index in [4.69, 9.17) is 21.4 Å². The molecule has 47 heavy (non-hydrogen) atoms. The predicted octanol–water partition coefficient (Wildman–Crippen LogP) is 5.08. The van der Waals surface area contributed by atoms with Crippen LogP contribution in [0.15, 0.2) is 67.0 Å². The van der Waals surface area contributed by atoms with Crippen molar-refractivity contribution in [2.24, 2.45) is 0 Å². The summed E-state index contributed by atoms with van der Waals surface area (Å²) in [5, 5.41) is 21.3. The highest BCUT2D eigenvalue weighted by Gasteiger charge is 2.21. The number of alkyl halides is 2. The summed E-state index contributed by atoms with van der Waals surface area (Å²) >= 11 is 6.92. The van der Waals surface area contributed by atoms with Crippen molar-refractivity contribution in [1.82, 2.24) is 25.9 Å². The van der Waals surface area contributed by atoms with E-state index in [9.17, 15) is 18.4 Å². The highest BCUT2D eigenvalue weighted by Crippen LogP contribution is 2.39. The van der Waals surface area contributed by atoms with Crippen molar-refractivity contribution in [2.45, 2.75) is 45.5 Å².